The van der Waals surface area contributed by atoms with Crippen LogP contribution in [0.1, 0.15) is 23.5 Å². The molecular weight excluding hydrogens is 418 g/mol. The molecule has 2 saturated heterocycles. The van der Waals surface area contributed by atoms with E-state index in [9.17, 15) is 9.59 Å². The van der Waals surface area contributed by atoms with Crippen molar-refractivity contribution in [3.8, 4) is 5.75 Å². The predicted octanol–water partition coefficient (Wildman–Crippen LogP) is 4.45. The summed E-state index contributed by atoms with van der Waals surface area (Å²) in [6.45, 7) is 0. The van der Waals surface area contributed by atoms with Crippen molar-refractivity contribution in [2.24, 2.45) is 0 Å². The molecule has 0 radical (unpaired) electrons. The number of β-lactam (4-membered cyclic amide) rings is 1. The van der Waals surface area contributed by atoms with Crippen molar-refractivity contribution < 1.29 is 23.8 Å². The van der Waals surface area contributed by atoms with Gasteiger partial charge >= 0.3 is 5.97 Å². The molecule has 7 heteroatoms. The number of carbonyl (C=O) groups excluding carboxylic acids is 2. The standard InChI is InChI=1S/C24H18ClNO5/c1-29-19-9-5-6-16(14-19)21-30-23(28)24(31-21)20(15-10-12-17(25)13-11-15)26(22(24)27)18-7-3-2-4-8-18/h2-14,20-21H,1H3/t20-,21+,24-/m0/s1. The van der Waals surface area contributed by atoms with Crippen molar-refractivity contribution in [3.05, 3.63) is 95.0 Å². The lowest BCUT2D eigenvalue weighted by Crippen LogP contribution is -2.71. The number of hydrogen-bond acceptors (Lipinski definition) is 5. The molecule has 2 aliphatic rings. The molecule has 0 bridgehead atoms. The van der Waals surface area contributed by atoms with Crippen LogP contribution in [-0.4, -0.2) is 24.6 Å². The SMILES string of the molecule is COc1cccc([C@@H]2OC(=O)[C@@]3(O2)C(=O)N(c2ccccc2)[C@H]3c2ccc(Cl)cc2)c1. The molecule has 0 unspecified atom stereocenters. The maximum absolute atomic E-state index is 13.4. The predicted molar refractivity (Wildman–Crippen MR) is 114 cm³/mol. The Morgan fingerprint density at radius 1 is 0.935 bits per heavy atom. The normalized spacial score (nSPS) is 24.8. The van der Waals surface area contributed by atoms with Crippen LogP contribution in [0, 0.1) is 0 Å². The Morgan fingerprint density at radius 3 is 2.39 bits per heavy atom. The summed E-state index contributed by atoms with van der Waals surface area (Å²) >= 11 is 6.06. The Labute approximate surface area is 183 Å². The van der Waals surface area contributed by atoms with Gasteiger partial charge in [0.1, 0.15) is 11.8 Å². The number of rotatable bonds is 4. The van der Waals surface area contributed by atoms with Gasteiger partial charge in [-0.15, -0.1) is 0 Å². The van der Waals surface area contributed by atoms with E-state index in [1.165, 1.54) is 0 Å². The minimum absolute atomic E-state index is 0.464. The fourth-order valence-corrected chi connectivity index (χ4v) is 4.20. The number of carbonyl (C=O) groups is 2. The number of ether oxygens (including phenoxy) is 3. The second kappa shape index (κ2) is 7.41. The summed E-state index contributed by atoms with van der Waals surface area (Å²) in [6, 6.07) is 22.5. The lowest BCUT2D eigenvalue weighted by molar-refractivity contribution is -0.168. The fourth-order valence-electron chi connectivity index (χ4n) is 4.08. The molecule has 2 aliphatic heterocycles. The number of halogens is 1. The highest BCUT2D eigenvalue weighted by atomic mass is 35.5. The lowest BCUT2D eigenvalue weighted by atomic mass is 9.77. The number of benzene rings is 3. The maximum Gasteiger partial charge on any atom is 0.353 e. The van der Waals surface area contributed by atoms with E-state index in [0.717, 1.165) is 5.56 Å². The Morgan fingerprint density at radius 2 is 1.68 bits per heavy atom. The summed E-state index contributed by atoms with van der Waals surface area (Å²) in [5, 5.41) is 0.555. The summed E-state index contributed by atoms with van der Waals surface area (Å²) in [7, 11) is 1.55. The van der Waals surface area contributed by atoms with E-state index in [0.29, 0.717) is 22.0 Å². The molecule has 156 valence electrons. The number of anilines is 1. The fraction of sp³-hybridized carbons (Fsp3) is 0.167. The van der Waals surface area contributed by atoms with Gasteiger partial charge in [0, 0.05) is 16.3 Å². The molecule has 3 atom stereocenters. The highest BCUT2D eigenvalue weighted by molar-refractivity contribution is 6.30. The van der Waals surface area contributed by atoms with Crippen LogP contribution in [-0.2, 0) is 19.1 Å². The smallest absolute Gasteiger partial charge is 0.353 e. The first-order valence-corrected chi connectivity index (χ1v) is 10.1. The lowest BCUT2D eigenvalue weighted by Gasteiger charge is -2.50. The van der Waals surface area contributed by atoms with Crippen molar-refractivity contribution >= 4 is 29.2 Å². The number of nitrogens with zero attached hydrogens (tertiary/aromatic N) is 1. The molecule has 2 fully saturated rings. The third-order valence-electron chi connectivity index (χ3n) is 5.58. The van der Waals surface area contributed by atoms with Crippen LogP contribution in [0.15, 0.2) is 78.9 Å². The number of para-hydroxylation sites is 1. The highest BCUT2D eigenvalue weighted by Gasteiger charge is 2.73. The summed E-state index contributed by atoms with van der Waals surface area (Å²) in [5.41, 5.74) is 0.207. The zero-order valence-corrected chi connectivity index (χ0v) is 17.3. The first kappa shape index (κ1) is 19.6. The Bertz CT molecular complexity index is 1150. The molecule has 31 heavy (non-hydrogen) atoms. The van der Waals surface area contributed by atoms with Crippen molar-refractivity contribution in [3.63, 3.8) is 0 Å². The molecule has 1 spiro atoms. The molecule has 2 heterocycles. The first-order valence-electron chi connectivity index (χ1n) is 9.71. The molecule has 0 aliphatic carbocycles. The topological polar surface area (TPSA) is 65.1 Å². The zero-order valence-electron chi connectivity index (χ0n) is 16.5. The molecule has 0 aromatic heterocycles. The van der Waals surface area contributed by atoms with Crippen LogP contribution < -0.4 is 9.64 Å². The largest absolute Gasteiger partial charge is 0.497 e. The molecule has 6 nitrogen and oxygen atoms in total. The molecule has 1 amide bonds. The number of methoxy groups -OCH3 is 1. The number of cyclic esters (lactones) is 1. The van der Waals surface area contributed by atoms with Gasteiger partial charge in [0.15, 0.2) is 0 Å². The van der Waals surface area contributed by atoms with E-state index < -0.39 is 29.8 Å². The summed E-state index contributed by atoms with van der Waals surface area (Å²) in [4.78, 5) is 28.1. The summed E-state index contributed by atoms with van der Waals surface area (Å²) < 4.78 is 16.9. The molecule has 0 saturated carbocycles. The van der Waals surface area contributed by atoms with E-state index in [2.05, 4.69) is 0 Å². The third kappa shape index (κ3) is 2.99. The van der Waals surface area contributed by atoms with E-state index >= 15 is 0 Å². The second-order valence-corrected chi connectivity index (χ2v) is 7.77. The second-order valence-electron chi connectivity index (χ2n) is 7.33. The van der Waals surface area contributed by atoms with E-state index in [1.807, 2.05) is 30.3 Å². The number of esters is 1. The highest BCUT2D eigenvalue weighted by Crippen LogP contribution is 2.54. The van der Waals surface area contributed by atoms with Gasteiger partial charge in [-0.05, 0) is 42.0 Å². The average molecular weight is 436 g/mol. The molecular formula is C24H18ClNO5. The minimum atomic E-state index is -1.77. The molecule has 3 aromatic rings. The monoisotopic (exact) mass is 435 g/mol. The van der Waals surface area contributed by atoms with Crippen LogP contribution in [0.4, 0.5) is 5.69 Å². The van der Waals surface area contributed by atoms with Crippen molar-refractivity contribution in [1.82, 2.24) is 0 Å². The minimum Gasteiger partial charge on any atom is -0.497 e. The summed E-state index contributed by atoms with van der Waals surface area (Å²) in [5.74, 6) is -0.579. The van der Waals surface area contributed by atoms with Crippen molar-refractivity contribution in [2.45, 2.75) is 17.9 Å². The van der Waals surface area contributed by atoms with Crippen molar-refractivity contribution in [2.75, 3.05) is 12.0 Å². The van der Waals surface area contributed by atoms with Gasteiger partial charge in [0.05, 0.1) is 7.11 Å². The number of amides is 1. The van der Waals surface area contributed by atoms with Crippen molar-refractivity contribution in [1.29, 1.82) is 0 Å². The van der Waals surface area contributed by atoms with Crippen LogP contribution in [0.5, 0.6) is 5.75 Å². The summed E-state index contributed by atoms with van der Waals surface area (Å²) in [6.07, 6.45) is -1.01. The van der Waals surface area contributed by atoms with Gasteiger partial charge in [-0.2, -0.15) is 0 Å². The van der Waals surface area contributed by atoms with Gasteiger partial charge < -0.3 is 14.2 Å². The van der Waals surface area contributed by atoms with Gasteiger partial charge in [0.25, 0.3) is 11.5 Å². The van der Waals surface area contributed by atoms with E-state index in [4.69, 9.17) is 25.8 Å². The quantitative estimate of drug-likeness (QED) is 0.344. The first-order chi connectivity index (χ1) is 15.0. The number of hydrogen-bond donors (Lipinski definition) is 0. The third-order valence-corrected chi connectivity index (χ3v) is 5.83. The van der Waals surface area contributed by atoms with Crippen LogP contribution in [0.25, 0.3) is 0 Å². The van der Waals surface area contributed by atoms with E-state index in [-0.39, 0.29) is 0 Å². The average Bonchev–Trinajstić information content (AvgIpc) is 3.18. The van der Waals surface area contributed by atoms with Gasteiger partial charge in [-0.25, -0.2) is 4.79 Å². The van der Waals surface area contributed by atoms with Gasteiger partial charge in [0.2, 0.25) is 6.29 Å². The van der Waals surface area contributed by atoms with Crippen LogP contribution >= 0.6 is 11.6 Å². The Kier molecular flexibility index (Phi) is 4.68. The maximum atomic E-state index is 13.4. The van der Waals surface area contributed by atoms with Gasteiger partial charge in [-0.1, -0.05) is 54.1 Å². The Hall–Kier alpha value is -3.35. The molecule has 5 rings (SSSR count). The van der Waals surface area contributed by atoms with Gasteiger partial charge in [-0.3, -0.25) is 9.69 Å². The van der Waals surface area contributed by atoms with E-state index in [1.54, 1.807) is 60.5 Å². The molecule has 3 aromatic carbocycles. The zero-order chi connectivity index (χ0) is 21.6. The van der Waals surface area contributed by atoms with Crippen LogP contribution in [0.3, 0.4) is 0 Å². The Balaban J connectivity index is 1.56. The molecule has 0 N–H and O–H groups in total. The van der Waals surface area contributed by atoms with Crippen LogP contribution in [0.2, 0.25) is 5.02 Å².